The molecule has 0 aromatic carbocycles. The number of rotatable bonds is 6. The van der Waals surface area contributed by atoms with Gasteiger partial charge in [0.2, 0.25) is 0 Å². The van der Waals surface area contributed by atoms with Crippen LogP contribution in [0.1, 0.15) is 37.7 Å². The van der Waals surface area contributed by atoms with Crippen LogP contribution in [0.2, 0.25) is 0 Å². The zero-order valence-corrected chi connectivity index (χ0v) is 14.4. The first-order valence-electron chi connectivity index (χ1n) is 6.85. The van der Waals surface area contributed by atoms with E-state index in [9.17, 15) is 9.59 Å². The number of ether oxygens (including phenoxy) is 1. The maximum atomic E-state index is 11.9. The number of aromatic nitrogens is 1. The Morgan fingerprint density at radius 1 is 1.33 bits per heavy atom. The molecule has 0 bridgehead atoms. The van der Waals surface area contributed by atoms with E-state index in [1.165, 1.54) is 0 Å². The second-order valence-corrected chi connectivity index (χ2v) is 6.21. The second kappa shape index (κ2) is 8.19. The minimum atomic E-state index is -0.607. The van der Waals surface area contributed by atoms with Gasteiger partial charge >= 0.3 is 0 Å². The smallest absolute Gasteiger partial charge is 0.286 e. The van der Waals surface area contributed by atoms with Gasteiger partial charge in [0, 0.05) is 24.3 Å². The molecule has 0 spiro atoms. The number of amides is 2. The third-order valence-corrected chi connectivity index (χ3v) is 3.37. The monoisotopic (exact) mass is 359 g/mol. The van der Waals surface area contributed by atoms with Gasteiger partial charge in [-0.05, 0) is 41.3 Å². The first-order chi connectivity index (χ1) is 9.81. The molecule has 0 radical (unpaired) electrons. The van der Waals surface area contributed by atoms with Crippen LogP contribution in [0.4, 0.5) is 0 Å². The van der Waals surface area contributed by atoms with E-state index in [4.69, 9.17) is 4.74 Å². The van der Waals surface area contributed by atoms with Crippen LogP contribution >= 0.6 is 15.9 Å². The van der Waals surface area contributed by atoms with E-state index in [0.29, 0.717) is 18.2 Å². The molecule has 0 saturated heterocycles. The molecule has 2 N–H and O–H groups in total. The van der Waals surface area contributed by atoms with Gasteiger partial charge in [-0.15, -0.1) is 0 Å². The van der Waals surface area contributed by atoms with E-state index in [2.05, 4.69) is 40.6 Å². The number of hydrogen-bond donors (Lipinski definition) is 2. The summed E-state index contributed by atoms with van der Waals surface area (Å²) in [6, 6.07) is 1.67. The lowest BCUT2D eigenvalue weighted by Gasteiger charge is -2.14. The lowest BCUT2D eigenvalue weighted by Crippen LogP contribution is -2.46. The fourth-order valence-corrected chi connectivity index (χ4v) is 2.11. The van der Waals surface area contributed by atoms with Crippen LogP contribution < -0.4 is 10.9 Å². The standard InChI is InChI=1S/C14H22BrN3O3/c1-9(2)5-6-21-10(3)13(19)16-17-14(20)12-7-11(15)8-18(12)4/h7-10H,5-6H2,1-4H3,(H,16,19)(H,17,20)/t10-/m1/s1. The molecule has 0 saturated carbocycles. The molecule has 0 unspecified atom stereocenters. The van der Waals surface area contributed by atoms with E-state index in [1.54, 1.807) is 30.8 Å². The van der Waals surface area contributed by atoms with Crippen molar-refractivity contribution in [2.24, 2.45) is 13.0 Å². The summed E-state index contributed by atoms with van der Waals surface area (Å²) in [6.45, 7) is 6.35. The zero-order valence-electron chi connectivity index (χ0n) is 12.8. The zero-order chi connectivity index (χ0) is 16.0. The van der Waals surface area contributed by atoms with Gasteiger partial charge in [-0.2, -0.15) is 0 Å². The van der Waals surface area contributed by atoms with Crippen LogP contribution in [0.5, 0.6) is 0 Å². The molecule has 0 aliphatic carbocycles. The lowest BCUT2D eigenvalue weighted by molar-refractivity contribution is -0.132. The lowest BCUT2D eigenvalue weighted by atomic mass is 10.1. The van der Waals surface area contributed by atoms with E-state index >= 15 is 0 Å². The predicted molar refractivity (Wildman–Crippen MR) is 83.6 cm³/mol. The second-order valence-electron chi connectivity index (χ2n) is 5.29. The number of carbonyl (C=O) groups excluding carboxylic acids is 2. The molecule has 0 aliphatic heterocycles. The van der Waals surface area contributed by atoms with Gasteiger partial charge in [0.25, 0.3) is 11.8 Å². The van der Waals surface area contributed by atoms with Crippen LogP contribution in [0.25, 0.3) is 0 Å². The van der Waals surface area contributed by atoms with Crippen molar-refractivity contribution in [3.8, 4) is 0 Å². The van der Waals surface area contributed by atoms with Gasteiger partial charge in [-0.25, -0.2) is 0 Å². The van der Waals surface area contributed by atoms with E-state index in [1.807, 2.05) is 0 Å². The normalized spacial score (nSPS) is 12.3. The molecule has 1 heterocycles. The Morgan fingerprint density at radius 2 is 2.00 bits per heavy atom. The van der Waals surface area contributed by atoms with Crippen LogP contribution in [0.3, 0.4) is 0 Å². The summed E-state index contributed by atoms with van der Waals surface area (Å²) in [5, 5.41) is 0. The number of nitrogens with zero attached hydrogens (tertiary/aromatic N) is 1. The summed E-state index contributed by atoms with van der Waals surface area (Å²) in [5.41, 5.74) is 5.18. The number of carbonyl (C=O) groups is 2. The molecule has 0 fully saturated rings. The quantitative estimate of drug-likeness (QED) is 0.763. The fourth-order valence-electron chi connectivity index (χ4n) is 1.59. The van der Waals surface area contributed by atoms with Crippen molar-refractivity contribution in [1.82, 2.24) is 15.4 Å². The Morgan fingerprint density at radius 3 is 2.52 bits per heavy atom. The molecule has 1 rings (SSSR count). The molecule has 1 aromatic rings. The minimum absolute atomic E-state index is 0.375. The first kappa shape index (κ1) is 17.7. The Hall–Kier alpha value is -1.34. The largest absolute Gasteiger partial charge is 0.369 e. The van der Waals surface area contributed by atoms with Gasteiger partial charge < -0.3 is 9.30 Å². The van der Waals surface area contributed by atoms with Gasteiger partial charge in [-0.1, -0.05) is 13.8 Å². The molecule has 6 nitrogen and oxygen atoms in total. The van der Waals surface area contributed by atoms with Crippen LogP contribution in [-0.4, -0.2) is 29.1 Å². The number of aryl methyl sites for hydroxylation is 1. The van der Waals surface area contributed by atoms with Crippen molar-refractivity contribution in [2.75, 3.05) is 6.61 Å². The third kappa shape index (κ3) is 5.89. The number of halogens is 1. The number of hydrazine groups is 1. The molecule has 1 atom stereocenters. The molecule has 1 aromatic heterocycles. The van der Waals surface area contributed by atoms with Gasteiger partial charge in [-0.3, -0.25) is 20.4 Å². The highest BCUT2D eigenvalue weighted by molar-refractivity contribution is 9.10. The van der Waals surface area contributed by atoms with Crippen molar-refractivity contribution < 1.29 is 14.3 Å². The molecule has 7 heteroatoms. The van der Waals surface area contributed by atoms with Crippen LogP contribution in [-0.2, 0) is 16.6 Å². The van der Waals surface area contributed by atoms with Crippen molar-refractivity contribution in [2.45, 2.75) is 33.3 Å². The SMILES string of the molecule is CC(C)CCO[C@H](C)C(=O)NNC(=O)c1cc(Br)cn1C. The molecular weight excluding hydrogens is 338 g/mol. The predicted octanol–water partition coefficient (Wildman–Crippen LogP) is 2.00. The Labute approximate surface area is 133 Å². The van der Waals surface area contributed by atoms with Crippen molar-refractivity contribution >= 4 is 27.7 Å². The number of nitrogens with one attached hydrogen (secondary N) is 2. The topological polar surface area (TPSA) is 72.4 Å². The summed E-state index contributed by atoms with van der Waals surface area (Å²) in [5.74, 6) is -0.234. The van der Waals surface area contributed by atoms with E-state index in [0.717, 1.165) is 10.9 Å². The molecule has 0 aliphatic rings. The van der Waals surface area contributed by atoms with E-state index < -0.39 is 6.10 Å². The van der Waals surface area contributed by atoms with Crippen molar-refractivity contribution in [3.05, 3.63) is 22.4 Å². The third-order valence-electron chi connectivity index (χ3n) is 2.94. The van der Waals surface area contributed by atoms with Crippen LogP contribution in [0.15, 0.2) is 16.7 Å². The summed E-state index contributed by atoms with van der Waals surface area (Å²) in [4.78, 5) is 23.7. The van der Waals surface area contributed by atoms with Crippen molar-refractivity contribution in [1.29, 1.82) is 0 Å². The fraction of sp³-hybridized carbons (Fsp3) is 0.571. The van der Waals surface area contributed by atoms with E-state index in [-0.39, 0.29) is 11.8 Å². The van der Waals surface area contributed by atoms with Crippen molar-refractivity contribution in [3.63, 3.8) is 0 Å². The summed E-state index contributed by atoms with van der Waals surface area (Å²) < 4.78 is 7.86. The highest BCUT2D eigenvalue weighted by Gasteiger charge is 2.16. The first-order valence-corrected chi connectivity index (χ1v) is 7.64. The van der Waals surface area contributed by atoms with Gasteiger partial charge in [0.1, 0.15) is 11.8 Å². The highest BCUT2D eigenvalue weighted by Crippen LogP contribution is 2.13. The Balaban J connectivity index is 2.38. The summed E-state index contributed by atoms with van der Waals surface area (Å²) in [6.07, 6.45) is 2.04. The van der Waals surface area contributed by atoms with Gasteiger partial charge in [0.15, 0.2) is 0 Å². The molecular formula is C14H22BrN3O3. The maximum Gasteiger partial charge on any atom is 0.286 e. The molecule has 2 amide bonds. The molecule has 21 heavy (non-hydrogen) atoms. The minimum Gasteiger partial charge on any atom is -0.369 e. The summed E-state index contributed by atoms with van der Waals surface area (Å²) in [7, 11) is 1.75. The highest BCUT2D eigenvalue weighted by atomic mass is 79.9. The maximum absolute atomic E-state index is 11.9. The van der Waals surface area contributed by atoms with Crippen LogP contribution in [0, 0.1) is 5.92 Å². The Kier molecular flexibility index (Phi) is 6.91. The average Bonchev–Trinajstić information content (AvgIpc) is 2.74. The molecule has 118 valence electrons. The summed E-state index contributed by atoms with van der Waals surface area (Å²) >= 11 is 3.29. The Bertz CT molecular complexity index is 500. The average molecular weight is 360 g/mol. The van der Waals surface area contributed by atoms with Gasteiger partial charge in [0.05, 0.1) is 0 Å². The number of hydrogen-bond acceptors (Lipinski definition) is 3.